The Bertz CT molecular complexity index is 396. The smallest absolute Gasteiger partial charge is 0.211 e. The summed E-state index contributed by atoms with van der Waals surface area (Å²) in [7, 11) is 0. The number of hydrogen-bond donors (Lipinski definition) is 1. The second kappa shape index (κ2) is 3.86. The van der Waals surface area contributed by atoms with Gasteiger partial charge in [0, 0.05) is 4.90 Å². The van der Waals surface area contributed by atoms with Gasteiger partial charge in [0.15, 0.2) is 0 Å². The number of halogens is 3. The van der Waals surface area contributed by atoms with Crippen LogP contribution in [0.25, 0.3) is 0 Å². The molecule has 0 aliphatic rings. The highest BCUT2D eigenvalue weighted by atomic mass is 32.1. The van der Waals surface area contributed by atoms with Gasteiger partial charge < -0.3 is 0 Å². The highest BCUT2D eigenvalue weighted by molar-refractivity contribution is 7.80. The summed E-state index contributed by atoms with van der Waals surface area (Å²) in [4.78, 5) is 13.0. The maximum atomic E-state index is 12.1. The second-order valence-electron chi connectivity index (χ2n) is 2.40. The summed E-state index contributed by atoms with van der Waals surface area (Å²) < 4.78 is 36.4. The molecule has 0 fully saturated rings. The Balaban J connectivity index is 3.19. The number of hydrogen-bond acceptors (Lipinski definition) is 3. The molecule has 0 N–H and O–H groups in total. The molecule has 0 saturated carbocycles. The van der Waals surface area contributed by atoms with Crippen molar-refractivity contribution in [3.8, 4) is 0 Å². The quantitative estimate of drug-likeness (QED) is 0.439. The molecule has 14 heavy (non-hydrogen) atoms. The lowest BCUT2D eigenvalue weighted by atomic mass is 10.2. The standard InChI is InChI=1S/C8H4F3NOS/c9-8(10,11)5-1-2-6(12-4-13)7(14)3-5/h1-3,14H. The van der Waals surface area contributed by atoms with Crippen LogP contribution in [0, 0.1) is 0 Å². The molecule has 0 atom stereocenters. The highest BCUT2D eigenvalue weighted by Gasteiger charge is 2.30. The van der Waals surface area contributed by atoms with Gasteiger partial charge in [-0.2, -0.15) is 18.2 Å². The van der Waals surface area contributed by atoms with Crippen LogP contribution in [-0.2, 0) is 11.0 Å². The summed E-state index contributed by atoms with van der Waals surface area (Å²) in [5, 5.41) is 0. The molecule has 1 aromatic rings. The SMILES string of the molecule is O=C=Nc1ccc(C(F)(F)F)cc1S. The second-order valence-corrected chi connectivity index (χ2v) is 2.89. The van der Waals surface area contributed by atoms with Crippen molar-refractivity contribution in [3.05, 3.63) is 23.8 Å². The third-order valence-electron chi connectivity index (χ3n) is 1.47. The van der Waals surface area contributed by atoms with Crippen molar-refractivity contribution in [2.75, 3.05) is 0 Å². The van der Waals surface area contributed by atoms with Gasteiger partial charge in [-0.1, -0.05) is 0 Å². The van der Waals surface area contributed by atoms with Gasteiger partial charge in [-0.05, 0) is 18.2 Å². The van der Waals surface area contributed by atoms with E-state index in [1.54, 1.807) is 0 Å². The van der Waals surface area contributed by atoms with Gasteiger partial charge in [0.25, 0.3) is 0 Å². The minimum absolute atomic E-state index is 0.0109. The molecular formula is C8H4F3NOS. The largest absolute Gasteiger partial charge is 0.416 e. The maximum Gasteiger partial charge on any atom is 0.416 e. The number of thiol groups is 1. The van der Waals surface area contributed by atoms with E-state index in [1.165, 1.54) is 6.08 Å². The van der Waals surface area contributed by atoms with Crippen LogP contribution in [0.1, 0.15) is 5.56 Å². The molecule has 0 unspecified atom stereocenters. The maximum absolute atomic E-state index is 12.1. The molecule has 74 valence electrons. The third-order valence-corrected chi connectivity index (χ3v) is 1.83. The van der Waals surface area contributed by atoms with Crippen molar-refractivity contribution >= 4 is 24.4 Å². The van der Waals surface area contributed by atoms with E-state index in [2.05, 4.69) is 17.6 Å². The van der Waals surface area contributed by atoms with Gasteiger partial charge in [-0.15, -0.1) is 12.6 Å². The molecule has 0 spiro atoms. The Kier molecular flexibility index (Phi) is 2.98. The van der Waals surface area contributed by atoms with Gasteiger partial charge in [0.05, 0.1) is 11.3 Å². The normalized spacial score (nSPS) is 10.9. The molecule has 0 aromatic heterocycles. The van der Waals surface area contributed by atoms with E-state index in [1.807, 2.05) is 0 Å². The van der Waals surface area contributed by atoms with Crippen molar-refractivity contribution in [1.29, 1.82) is 0 Å². The molecule has 0 radical (unpaired) electrons. The highest BCUT2D eigenvalue weighted by Crippen LogP contribution is 2.33. The number of alkyl halides is 3. The number of nitrogens with zero attached hydrogens (tertiary/aromatic N) is 1. The van der Waals surface area contributed by atoms with Gasteiger partial charge in [-0.25, -0.2) is 4.79 Å². The Morgan fingerprint density at radius 3 is 2.43 bits per heavy atom. The first-order chi connectivity index (χ1) is 6.45. The summed E-state index contributed by atoms with van der Waals surface area (Å²) in [5.41, 5.74) is -0.760. The van der Waals surface area contributed by atoms with Crippen LogP contribution in [0.3, 0.4) is 0 Å². The Morgan fingerprint density at radius 1 is 1.36 bits per heavy atom. The van der Waals surface area contributed by atoms with E-state index >= 15 is 0 Å². The van der Waals surface area contributed by atoms with Crippen LogP contribution in [0.15, 0.2) is 28.1 Å². The number of aliphatic imine (C=N–C) groups is 1. The minimum atomic E-state index is -4.42. The zero-order chi connectivity index (χ0) is 10.8. The van der Waals surface area contributed by atoms with Crippen molar-refractivity contribution in [2.24, 2.45) is 4.99 Å². The van der Waals surface area contributed by atoms with E-state index < -0.39 is 11.7 Å². The van der Waals surface area contributed by atoms with Crippen LogP contribution >= 0.6 is 12.6 Å². The van der Waals surface area contributed by atoms with Crippen molar-refractivity contribution < 1.29 is 18.0 Å². The molecule has 2 nitrogen and oxygen atoms in total. The lowest BCUT2D eigenvalue weighted by Crippen LogP contribution is -2.04. The van der Waals surface area contributed by atoms with Gasteiger partial charge >= 0.3 is 6.18 Å². The molecule has 0 amide bonds. The number of carbonyl (C=O) groups excluding carboxylic acids is 1. The monoisotopic (exact) mass is 219 g/mol. The molecule has 1 aromatic carbocycles. The predicted octanol–water partition coefficient (Wildman–Crippen LogP) is 2.96. The topological polar surface area (TPSA) is 29.4 Å². The van der Waals surface area contributed by atoms with E-state index in [4.69, 9.17) is 0 Å². The molecule has 0 aliphatic heterocycles. The molecule has 0 bridgehead atoms. The Hall–Kier alpha value is -1.26. The van der Waals surface area contributed by atoms with Crippen LogP contribution < -0.4 is 0 Å². The first kappa shape index (κ1) is 10.8. The van der Waals surface area contributed by atoms with E-state index in [9.17, 15) is 18.0 Å². The van der Waals surface area contributed by atoms with Crippen LogP contribution in [0.5, 0.6) is 0 Å². The van der Waals surface area contributed by atoms with Crippen molar-refractivity contribution in [3.63, 3.8) is 0 Å². The number of benzene rings is 1. The summed E-state index contributed by atoms with van der Waals surface area (Å²) in [6.45, 7) is 0. The predicted molar refractivity (Wildman–Crippen MR) is 46.5 cm³/mol. The van der Waals surface area contributed by atoms with E-state index in [0.717, 1.165) is 18.2 Å². The lowest BCUT2D eigenvalue weighted by Gasteiger charge is -2.07. The zero-order valence-electron chi connectivity index (χ0n) is 6.67. The van der Waals surface area contributed by atoms with Gasteiger partial charge in [0.2, 0.25) is 6.08 Å². The lowest BCUT2D eigenvalue weighted by molar-refractivity contribution is -0.137. The first-order valence-corrected chi connectivity index (χ1v) is 3.88. The van der Waals surface area contributed by atoms with Crippen LogP contribution in [-0.4, -0.2) is 6.08 Å². The fraction of sp³-hybridized carbons (Fsp3) is 0.125. The average Bonchev–Trinajstić information content (AvgIpc) is 2.07. The molecule has 0 aliphatic carbocycles. The number of rotatable bonds is 1. The average molecular weight is 219 g/mol. The molecule has 0 heterocycles. The van der Waals surface area contributed by atoms with Crippen LogP contribution in [0.2, 0.25) is 0 Å². The summed E-state index contributed by atoms with van der Waals surface area (Å²) in [6.07, 6.45) is -3.19. The van der Waals surface area contributed by atoms with Crippen LogP contribution in [0.4, 0.5) is 18.9 Å². The summed E-state index contributed by atoms with van der Waals surface area (Å²) in [6, 6.07) is 2.70. The van der Waals surface area contributed by atoms with E-state index in [0.29, 0.717) is 0 Å². The van der Waals surface area contributed by atoms with Gasteiger partial charge in [-0.3, -0.25) is 0 Å². The molecule has 1 rings (SSSR count). The summed E-state index contributed by atoms with van der Waals surface area (Å²) in [5.74, 6) is 0. The minimum Gasteiger partial charge on any atom is -0.211 e. The Labute approximate surface area is 82.9 Å². The fourth-order valence-electron chi connectivity index (χ4n) is 0.843. The molecular weight excluding hydrogens is 215 g/mol. The number of isocyanates is 1. The zero-order valence-corrected chi connectivity index (χ0v) is 7.56. The molecule has 6 heteroatoms. The van der Waals surface area contributed by atoms with Gasteiger partial charge in [0.1, 0.15) is 0 Å². The molecule has 0 saturated heterocycles. The van der Waals surface area contributed by atoms with E-state index in [-0.39, 0.29) is 10.6 Å². The first-order valence-electron chi connectivity index (χ1n) is 3.43. The third kappa shape index (κ3) is 2.37. The summed E-state index contributed by atoms with van der Waals surface area (Å²) >= 11 is 3.76. The van der Waals surface area contributed by atoms with Crippen molar-refractivity contribution in [1.82, 2.24) is 0 Å². The fourth-order valence-corrected chi connectivity index (χ4v) is 1.11. The Morgan fingerprint density at radius 2 is 2.00 bits per heavy atom. The van der Waals surface area contributed by atoms with Crippen molar-refractivity contribution in [2.45, 2.75) is 11.1 Å².